The molecular formula is C23H17F4N3O. The zero-order valence-corrected chi connectivity index (χ0v) is 16.2. The van der Waals surface area contributed by atoms with Gasteiger partial charge in [0.2, 0.25) is 0 Å². The van der Waals surface area contributed by atoms with Crippen molar-refractivity contribution in [2.24, 2.45) is 5.10 Å². The molecule has 0 radical (unpaired) electrons. The molecule has 1 aliphatic heterocycles. The number of anilines is 1. The number of carbonyl (C=O) groups is 1. The smallest absolute Gasteiger partial charge is 0.363 e. The van der Waals surface area contributed by atoms with Gasteiger partial charge in [-0.1, -0.05) is 24.3 Å². The highest BCUT2D eigenvalue weighted by Crippen LogP contribution is 2.34. The Balaban J connectivity index is 1.44. The molecule has 0 fully saturated rings. The molecule has 1 amide bonds. The second-order valence-corrected chi connectivity index (χ2v) is 7.14. The molecule has 0 saturated carbocycles. The van der Waals surface area contributed by atoms with Gasteiger partial charge in [0.05, 0.1) is 11.8 Å². The van der Waals surface area contributed by atoms with Crippen molar-refractivity contribution in [1.82, 2.24) is 5.43 Å². The normalized spacial score (nSPS) is 13.5. The number of nitrogens with zero attached hydrogens (tertiary/aromatic N) is 2. The summed E-state index contributed by atoms with van der Waals surface area (Å²) in [5.41, 5.74) is 5.03. The molecule has 4 rings (SSSR count). The monoisotopic (exact) mass is 427 g/mol. The number of hydrogen-bond acceptors (Lipinski definition) is 3. The van der Waals surface area contributed by atoms with Crippen molar-refractivity contribution >= 4 is 17.8 Å². The summed E-state index contributed by atoms with van der Waals surface area (Å²) in [7, 11) is 0. The molecule has 1 aliphatic rings. The Morgan fingerprint density at radius 2 is 1.71 bits per heavy atom. The molecule has 0 aromatic heterocycles. The highest BCUT2D eigenvalue weighted by atomic mass is 19.4. The molecule has 31 heavy (non-hydrogen) atoms. The molecule has 0 spiro atoms. The number of nitrogens with one attached hydrogen (secondary N) is 1. The van der Waals surface area contributed by atoms with Crippen molar-refractivity contribution in [3.05, 3.63) is 100 Å². The Kier molecular flexibility index (Phi) is 5.46. The minimum absolute atomic E-state index is 0.362. The number of benzene rings is 3. The van der Waals surface area contributed by atoms with Crippen molar-refractivity contribution in [1.29, 1.82) is 0 Å². The molecule has 158 valence electrons. The van der Waals surface area contributed by atoms with Crippen molar-refractivity contribution < 1.29 is 22.4 Å². The number of rotatable bonds is 4. The third-order valence-electron chi connectivity index (χ3n) is 4.98. The van der Waals surface area contributed by atoms with Crippen molar-refractivity contribution in [2.45, 2.75) is 19.3 Å². The zero-order chi connectivity index (χ0) is 22.0. The fraction of sp³-hybridized carbons (Fsp3) is 0.130. The zero-order valence-electron chi connectivity index (χ0n) is 16.2. The van der Waals surface area contributed by atoms with Gasteiger partial charge in [0.1, 0.15) is 5.82 Å². The lowest BCUT2D eigenvalue weighted by Crippen LogP contribution is -2.18. The first kappa shape index (κ1) is 20.6. The fourth-order valence-corrected chi connectivity index (χ4v) is 3.38. The lowest BCUT2D eigenvalue weighted by molar-refractivity contribution is -0.137. The number of alkyl halides is 3. The molecule has 3 aromatic carbocycles. The van der Waals surface area contributed by atoms with Crippen LogP contribution >= 0.6 is 0 Å². The van der Waals surface area contributed by atoms with Gasteiger partial charge in [0.25, 0.3) is 5.91 Å². The number of fused-ring (bicyclic) bond motifs is 1. The van der Waals surface area contributed by atoms with Crippen LogP contribution in [0, 0.1) is 5.82 Å². The van der Waals surface area contributed by atoms with Gasteiger partial charge in [-0.2, -0.15) is 18.3 Å². The first-order valence-electron chi connectivity index (χ1n) is 9.42. The maximum atomic E-state index is 13.0. The second-order valence-electron chi connectivity index (χ2n) is 7.14. The average molecular weight is 427 g/mol. The summed E-state index contributed by atoms with van der Waals surface area (Å²) in [6.45, 7) is 0.859. The van der Waals surface area contributed by atoms with Crippen LogP contribution in [-0.4, -0.2) is 12.1 Å². The van der Waals surface area contributed by atoms with E-state index >= 15 is 0 Å². The topological polar surface area (TPSA) is 44.7 Å². The summed E-state index contributed by atoms with van der Waals surface area (Å²) >= 11 is 0. The summed E-state index contributed by atoms with van der Waals surface area (Å²) in [5, 5.41) is 3.87. The Morgan fingerprint density at radius 3 is 2.45 bits per heavy atom. The van der Waals surface area contributed by atoms with E-state index in [4.69, 9.17) is 0 Å². The minimum Gasteiger partial charge on any atom is -0.363 e. The van der Waals surface area contributed by atoms with Crippen LogP contribution in [0.5, 0.6) is 0 Å². The molecule has 1 N–H and O–H groups in total. The number of carbonyl (C=O) groups excluding carboxylic acids is 1. The van der Waals surface area contributed by atoms with Crippen LogP contribution in [0.15, 0.2) is 71.8 Å². The SMILES string of the molecule is O=C(N/N=C/c1ccc(F)cc1)c1ccc2c(c1)CN(c1cccc(C(F)(F)F)c1)C2. The Bertz CT molecular complexity index is 1140. The lowest BCUT2D eigenvalue weighted by Gasteiger charge is -2.19. The van der Waals surface area contributed by atoms with E-state index < -0.39 is 17.6 Å². The fourth-order valence-electron chi connectivity index (χ4n) is 3.38. The first-order valence-corrected chi connectivity index (χ1v) is 9.42. The van der Waals surface area contributed by atoms with Crippen molar-refractivity contribution in [2.75, 3.05) is 4.90 Å². The molecule has 0 bridgehead atoms. The minimum atomic E-state index is -4.40. The van der Waals surface area contributed by atoms with E-state index in [0.717, 1.165) is 23.3 Å². The average Bonchev–Trinajstić information content (AvgIpc) is 3.18. The van der Waals surface area contributed by atoms with Gasteiger partial charge >= 0.3 is 6.18 Å². The van der Waals surface area contributed by atoms with E-state index in [1.807, 2.05) is 4.90 Å². The van der Waals surface area contributed by atoms with Crippen LogP contribution < -0.4 is 10.3 Å². The molecule has 8 heteroatoms. The third kappa shape index (κ3) is 4.74. The second kappa shape index (κ2) is 8.22. The molecule has 0 aliphatic carbocycles. The molecule has 4 nitrogen and oxygen atoms in total. The Hall–Kier alpha value is -3.68. The summed E-state index contributed by atoms with van der Waals surface area (Å²) in [5.74, 6) is -0.780. The number of hydrazone groups is 1. The number of hydrogen-bond donors (Lipinski definition) is 1. The predicted molar refractivity (Wildman–Crippen MR) is 109 cm³/mol. The van der Waals surface area contributed by atoms with Gasteiger partial charge in [0, 0.05) is 24.3 Å². The summed E-state index contributed by atoms with van der Waals surface area (Å²) in [6, 6.07) is 16.0. The molecule has 0 unspecified atom stereocenters. The van der Waals surface area contributed by atoms with Crippen LogP contribution in [0.2, 0.25) is 0 Å². The summed E-state index contributed by atoms with van der Waals surface area (Å²) in [6.07, 6.45) is -3.00. The summed E-state index contributed by atoms with van der Waals surface area (Å²) < 4.78 is 51.9. The van der Waals surface area contributed by atoms with Crippen LogP contribution in [0.4, 0.5) is 23.2 Å². The van der Waals surface area contributed by atoms with E-state index in [1.165, 1.54) is 36.5 Å². The van der Waals surface area contributed by atoms with E-state index in [2.05, 4.69) is 10.5 Å². The lowest BCUT2D eigenvalue weighted by atomic mass is 10.1. The van der Waals surface area contributed by atoms with Gasteiger partial charge in [-0.05, 0) is 59.2 Å². The molecule has 0 saturated heterocycles. The van der Waals surface area contributed by atoms with Gasteiger partial charge < -0.3 is 4.90 Å². The molecule has 0 atom stereocenters. The van der Waals surface area contributed by atoms with Crippen LogP contribution in [0.1, 0.15) is 32.6 Å². The highest BCUT2D eigenvalue weighted by Gasteiger charge is 2.31. The molecular weight excluding hydrogens is 410 g/mol. The van der Waals surface area contributed by atoms with E-state index in [0.29, 0.717) is 29.9 Å². The summed E-state index contributed by atoms with van der Waals surface area (Å²) in [4.78, 5) is 14.2. The quantitative estimate of drug-likeness (QED) is 0.357. The Labute approximate surface area is 175 Å². The third-order valence-corrected chi connectivity index (χ3v) is 4.98. The number of amides is 1. The van der Waals surface area contributed by atoms with Crippen molar-refractivity contribution in [3.63, 3.8) is 0 Å². The largest absolute Gasteiger partial charge is 0.416 e. The maximum absolute atomic E-state index is 13.0. The van der Waals surface area contributed by atoms with Crippen LogP contribution in [0.25, 0.3) is 0 Å². The van der Waals surface area contributed by atoms with E-state index in [-0.39, 0.29) is 5.82 Å². The van der Waals surface area contributed by atoms with Gasteiger partial charge in [-0.15, -0.1) is 0 Å². The predicted octanol–water partition coefficient (Wildman–Crippen LogP) is 5.13. The van der Waals surface area contributed by atoms with E-state index in [9.17, 15) is 22.4 Å². The van der Waals surface area contributed by atoms with Crippen LogP contribution in [0.3, 0.4) is 0 Å². The Morgan fingerprint density at radius 1 is 0.968 bits per heavy atom. The molecule has 1 heterocycles. The van der Waals surface area contributed by atoms with Gasteiger partial charge in [-0.3, -0.25) is 4.79 Å². The highest BCUT2D eigenvalue weighted by molar-refractivity contribution is 5.95. The first-order chi connectivity index (χ1) is 14.8. The van der Waals surface area contributed by atoms with Crippen molar-refractivity contribution in [3.8, 4) is 0 Å². The van der Waals surface area contributed by atoms with Crippen LogP contribution in [-0.2, 0) is 19.3 Å². The molecule has 3 aromatic rings. The maximum Gasteiger partial charge on any atom is 0.416 e. The van der Waals surface area contributed by atoms with Gasteiger partial charge in [0.15, 0.2) is 0 Å². The van der Waals surface area contributed by atoms with E-state index in [1.54, 1.807) is 24.3 Å². The number of halogens is 4. The van der Waals surface area contributed by atoms with Gasteiger partial charge in [-0.25, -0.2) is 9.82 Å². The standard InChI is InChI=1S/C23H17F4N3O/c24-20-8-4-15(5-9-20)12-28-29-22(31)16-6-7-17-13-30(14-18(17)10-16)21-3-1-2-19(11-21)23(25,26)27/h1-12H,13-14H2,(H,29,31)/b28-12+.